The van der Waals surface area contributed by atoms with Gasteiger partial charge in [-0.2, -0.15) is 10.5 Å². The van der Waals surface area contributed by atoms with E-state index in [1.54, 1.807) is 36.4 Å². The van der Waals surface area contributed by atoms with Crippen molar-refractivity contribution >= 4 is 16.1 Å². The summed E-state index contributed by atoms with van der Waals surface area (Å²) in [6.45, 7) is 0. The molecule has 0 spiro atoms. The minimum absolute atomic E-state index is 0.0571. The molecule has 0 bridgehead atoms. The second-order valence-electron chi connectivity index (χ2n) is 4.80. The summed E-state index contributed by atoms with van der Waals surface area (Å²) in [5.41, 5.74) is 0.635. The minimum atomic E-state index is -3.47. The lowest BCUT2D eigenvalue weighted by Gasteiger charge is -2.11. The average molecular weight is 327 g/mol. The third-order valence-corrected chi connectivity index (χ3v) is 4.90. The number of furan rings is 1. The maximum atomic E-state index is 12.0. The number of rotatable bonds is 4. The first-order chi connectivity index (χ1) is 10.9. The van der Waals surface area contributed by atoms with Crippen molar-refractivity contribution in [3.8, 4) is 23.5 Å². The van der Waals surface area contributed by atoms with Gasteiger partial charge in [-0.3, -0.25) is 0 Å². The molecule has 0 radical (unpaired) electrons. The number of hydrogen-bond acceptors (Lipinski definition) is 5. The van der Waals surface area contributed by atoms with Gasteiger partial charge in [0.2, 0.25) is 10.0 Å². The van der Waals surface area contributed by atoms with Gasteiger partial charge in [0.05, 0.1) is 4.90 Å². The van der Waals surface area contributed by atoms with E-state index in [1.807, 2.05) is 0 Å². The summed E-state index contributed by atoms with van der Waals surface area (Å²) in [6, 6.07) is 13.1. The molecule has 1 aromatic heterocycles. The smallest absolute Gasteiger partial charge is 0.242 e. The quantitative estimate of drug-likeness (QED) is 0.804. The lowest BCUT2D eigenvalue weighted by atomic mass is 10.2. The van der Waals surface area contributed by atoms with E-state index in [0.29, 0.717) is 17.1 Å². The van der Waals surface area contributed by atoms with Crippen LogP contribution in [-0.2, 0) is 10.0 Å². The third kappa shape index (κ3) is 3.49. The van der Waals surface area contributed by atoms with E-state index in [2.05, 4.69) is 0 Å². The van der Waals surface area contributed by atoms with Crippen LogP contribution in [0.1, 0.15) is 5.76 Å². The molecule has 116 valence electrons. The largest absolute Gasteiger partial charge is 0.457 e. The van der Waals surface area contributed by atoms with Crippen LogP contribution in [0.3, 0.4) is 0 Å². The van der Waals surface area contributed by atoms with Crippen molar-refractivity contribution in [1.82, 2.24) is 4.31 Å². The van der Waals surface area contributed by atoms with Gasteiger partial charge in [-0.15, -0.1) is 0 Å². The van der Waals surface area contributed by atoms with E-state index in [9.17, 15) is 8.42 Å². The summed E-state index contributed by atoms with van der Waals surface area (Å²) in [5.74, 6) is 0.892. The Morgan fingerprint density at radius 2 is 1.70 bits per heavy atom. The van der Waals surface area contributed by atoms with Crippen molar-refractivity contribution in [3.05, 3.63) is 47.7 Å². The van der Waals surface area contributed by atoms with Crippen molar-refractivity contribution in [3.63, 3.8) is 0 Å². The molecule has 0 aliphatic rings. The SMILES string of the molecule is CN(C)S(=O)(=O)c1ccc(-c2ccc(C=C(C#N)C#N)o2)cc1. The van der Waals surface area contributed by atoms with Crippen LogP contribution in [0.5, 0.6) is 0 Å². The Bertz CT molecular complexity index is 908. The Morgan fingerprint density at radius 3 is 2.22 bits per heavy atom. The first kappa shape index (κ1) is 16.5. The van der Waals surface area contributed by atoms with Gasteiger partial charge in [0.25, 0.3) is 0 Å². The predicted octanol–water partition coefficient (Wildman–Crippen LogP) is 2.63. The number of hydrogen-bond donors (Lipinski definition) is 0. The maximum Gasteiger partial charge on any atom is 0.242 e. The highest BCUT2D eigenvalue weighted by molar-refractivity contribution is 7.89. The molecule has 0 saturated carbocycles. The molecule has 7 heteroatoms. The molecule has 0 aliphatic carbocycles. The normalized spacial score (nSPS) is 10.8. The molecule has 0 atom stereocenters. The molecular formula is C16H13N3O3S. The Morgan fingerprint density at radius 1 is 1.09 bits per heavy atom. The minimum Gasteiger partial charge on any atom is -0.457 e. The number of benzene rings is 1. The second-order valence-corrected chi connectivity index (χ2v) is 6.95. The fourth-order valence-corrected chi connectivity index (χ4v) is 2.72. The zero-order valence-electron chi connectivity index (χ0n) is 12.5. The fraction of sp³-hybridized carbons (Fsp3) is 0.125. The molecule has 6 nitrogen and oxygen atoms in total. The summed E-state index contributed by atoms with van der Waals surface area (Å²) in [7, 11) is -0.535. The molecule has 2 rings (SSSR count). The summed E-state index contributed by atoms with van der Waals surface area (Å²) in [6.07, 6.45) is 1.34. The Kier molecular flexibility index (Phi) is 4.65. The second kappa shape index (κ2) is 6.49. The van der Waals surface area contributed by atoms with E-state index in [4.69, 9.17) is 14.9 Å². The zero-order chi connectivity index (χ0) is 17.0. The lowest BCUT2D eigenvalue weighted by Crippen LogP contribution is -2.22. The molecule has 23 heavy (non-hydrogen) atoms. The molecule has 0 aliphatic heterocycles. The maximum absolute atomic E-state index is 12.0. The highest BCUT2D eigenvalue weighted by Crippen LogP contribution is 2.25. The van der Waals surface area contributed by atoms with E-state index in [0.717, 1.165) is 4.31 Å². The first-order valence-corrected chi connectivity index (χ1v) is 7.97. The van der Waals surface area contributed by atoms with Crippen molar-refractivity contribution < 1.29 is 12.8 Å². The Balaban J connectivity index is 2.32. The molecule has 0 saturated heterocycles. The van der Waals surface area contributed by atoms with Gasteiger partial charge in [-0.25, -0.2) is 12.7 Å². The van der Waals surface area contributed by atoms with E-state index >= 15 is 0 Å². The van der Waals surface area contributed by atoms with Crippen molar-refractivity contribution in [1.29, 1.82) is 10.5 Å². The van der Waals surface area contributed by atoms with Crippen molar-refractivity contribution in [2.24, 2.45) is 0 Å². The number of nitriles is 2. The molecule has 0 fully saturated rings. The molecule has 0 N–H and O–H groups in total. The van der Waals surface area contributed by atoms with Gasteiger partial charge < -0.3 is 4.42 Å². The van der Waals surface area contributed by atoms with Gasteiger partial charge in [0.1, 0.15) is 29.2 Å². The highest BCUT2D eigenvalue weighted by atomic mass is 32.2. The van der Waals surface area contributed by atoms with Gasteiger partial charge in [0.15, 0.2) is 0 Å². The van der Waals surface area contributed by atoms with E-state index in [1.165, 1.54) is 32.3 Å². The fourth-order valence-electron chi connectivity index (χ4n) is 1.82. The van der Waals surface area contributed by atoms with Crippen molar-refractivity contribution in [2.45, 2.75) is 4.90 Å². The predicted molar refractivity (Wildman–Crippen MR) is 84.2 cm³/mol. The molecule has 0 amide bonds. The van der Waals surface area contributed by atoms with Crippen LogP contribution in [-0.4, -0.2) is 26.8 Å². The molecule has 1 aromatic carbocycles. The number of sulfonamides is 1. The standard InChI is InChI=1S/C16H13N3O3S/c1-19(2)23(20,21)15-6-3-13(4-7-15)16-8-5-14(22-16)9-12(10-17)11-18/h3-9H,1-2H3. The Hall–Kier alpha value is -2.87. The van der Waals surface area contributed by atoms with Crippen LogP contribution >= 0.6 is 0 Å². The van der Waals surface area contributed by atoms with E-state index in [-0.39, 0.29) is 10.5 Å². The molecule has 2 aromatic rings. The van der Waals surface area contributed by atoms with Crippen LogP contribution in [0.2, 0.25) is 0 Å². The number of allylic oxidation sites excluding steroid dienone is 1. The van der Waals surface area contributed by atoms with Gasteiger partial charge >= 0.3 is 0 Å². The summed E-state index contributed by atoms with van der Waals surface area (Å²) in [4.78, 5) is 0.189. The summed E-state index contributed by atoms with van der Waals surface area (Å²) in [5, 5.41) is 17.4. The van der Waals surface area contributed by atoms with Crippen molar-refractivity contribution in [2.75, 3.05) is 14.1 Å². The summed E-state index contributed by atoms with van der Waals surface area (Å²) < 4.78 is 30.7. The molecule has 1 heterocycles. The highest BCUT2D eigenvalue weighted by Gasteiger charge is 2.17. The first-order valence-electron chi connectivity index (χ1n) is 6.53. The van der Waals surface area contributed by atoms with Gasteiger partial charge in [-0.1, -0.05) is 0 Å². The monoisotopic (exact) mass is 327 g/mol. The van der Waals surface area contributed by atoms with E-state index < -0.39 is 10.0 Å². The van der Waals surface area contributed by atoms with Crippen LogP contribution in [0.15, 0.2) is 51.3 Å². The topological polar surface area (TPSA) is 98.1 Å². The summed E-state index contributed by atoms with van der Waals surface area (Å²) >= 11 is 0. The van der Waals surface area contributed by atoms with Crippen LogP contribution in [0, 0.1) is 22.7 Å². The molecular weight excluding hydrogens is 314 g/mol. The van der Waals surface area contributed by atoms with Crippen LogP contribution in [0.4, 0.5) is 0 Å². The zero-order valence-corrected chi connectivity index (χ0v) is 13.3. The average Bonchev–Trinajstić information content (AvgIpc) is 3.01. The lowest BCUT2D eigenvalue weighted by molar-refractivity contribution is 0.520. The van der Waals surface area contributed by atoms with Crippen LogP contribution in [0.25, 0.3) is 17.4 Å². The number of nitrogens with zero attached hydrogens (tertiary/aromatic N) is 3. The third-order valence-electron chi connectivity index (χ3n) is 3.07. The van der Waals surface area contributed by atoms with Gasteiger partial charge in [0, 0.05) is 25.7 Å². The van der Waals surface area contributed by atoms with Gasteiger partial charge in [-0.05, 0) is 36.4 Å². The molecule has 0 unspecified atom stereocenters. The Labute approximate surface area is 134 Å². The van der Waals surface area contributed by atoms with Crippen LogP contribution < -0.4 is 0 Å².